The minimum absolute atomic E-state index is 0.0165. The van der Waals surface area contributed by atoms with Gasteiger partial charge in [0.2, 0.25) is 0 Å². The van der Waals surface area contributed by atoms with Gasteiger partial charge in [0.05, 0.1) is 11.6 Å². The van der Waals surface area contributed by atoms with E-state index in [1.807, 2.05) is 24.3 Å². The maximum Gasteiger partial charge on any atom is 0.253 e. The van der Waals surface area contributed by atoms with Gasteiger partial charge in [-0.1, -0.05) is 36.4 Å². The number of carbonyl (C=O) groups excluding carboxylic acids is 1. The van der Waals surface area contributed by atoms with Crippen molar-refractivity contribution in [2.75, 3.05) is 23.3 Å². The van der Waals surface area contributed by atoms with Crippen molar-refractivity contribution in [3.8, 4) is 0 Å². The third-order valence-electron chi connectivity index (χ3n) is 7.10. The minimum Gasteiger partial charge on any atom is -0.371 e. The Morgan fingerprint density at radius 3 is 2.42 bits per heavy atom. The van der Waals surface area contributed by atoms with E-state index in [4.69, 9.17) is 12.2 Å². The molecule has 36 heavy (non-hydrogen) atoms. The van der Waals surface area contributed by atoms with Crippen LogP contribution in [0.4, 0.5) is 15.8 Å². The zero-order valence-corrected chi connectivity index (χ0v) is 21.0. The van der Waals surface area contributed by atoms with Gasteiger partial charge in [0.25, 0.3) is 5.91 Å². The first-order valence-corrected chi connectivity index (χ1v) is 13.0. The first-order chi connectivity index (χ1) is 17.6. The lowest BCUT2D eigenvalue weighted by molar-refractivity contribution is 0.0933. The summed E-state index contributed by atoms with van der Waals surface area (Å²) < 4.78 is 13.1. The van der Waals surface area contributed by atoms with E-state index >= 15 is 0 Å². The molecule has 2 aliphatic rings. The van der Waals surface area contributed by atoms with Gasteiger partial charge in [-0.25, -0.2) is 4.39 Å². The SMILES string of the molecule is O=C(NC1CCCc2ccccc21)c1ccccc1N1CCC(NC(=S)Nc2ccc(F)cc2)CC1. The summed E-state index contributed by atoms with van der Waals surface area (Å²) in [6.45, 7) is 1.65. The molecule has 3 aromatic carbocycles. The van der Waals surface area contributed by atoms with Crippen LogP contribution in [0, 0.1) is 5.82 Å². The quantitative estimate of drug-likeness (QED) is 0.397. The Morgan fingerprint density at radius 2 is 1.61 bits per heavy atom. The molecule has 0 radical (unpaired) electrons. The Labute approximate surface area is 217 Å². The van der Waals surface area contributed by atoms with Crippen molar-refractivity contribution in [1.29, 1.82) is 0 Å². The molecule has 1 aliphatic heterocycles. The van der Waals surface area contributed by atoms with Crippen LogP contribution in [-0.4, -0.2) is 30.2 Å². The summed E-state index contributed by atoms with van der Waals surface area (Å²) in [7, 11) is 0. The number of nitrogens with zero attached hydrogens (tertiary/aromatic N) is 1. The number of halogens is 1. The molecule has 0 saturated carbocycles. The molecule has 3 aromatic rings. The van der Waals surface area contributed by atoms with E-state index in [0.29, 0.717) is 5.11 Å². The van der Waals surface area contributed by atoms with Crippen LogP contribution in [0.15, 0.2) is 72.8 Å². The fourth-order valence-electron chi connectivity index (χ4n) is 5.23. The average molecular weight is 503 g/mol. The zero-order chi connectivity index (χ0) is 24.9. The first kappa shape index (κ1) is 24.3. The highest BCUT2D eigenvalue weighted by atomic mass is 32.1. The van der Waals surface area contributed by atoms with Crippen molar-refractivity contribution in [2.24, 2.45) is 0 Å². The van der Waals surface area contributed by atoms with Crippen LogP contribution in [0.25, 0.3) is 0 Å². The number of carbonyl (C=O) groups is 1. The van der Waals surface area contributed by atoms with E-state index < -0.39 is 0 Å². The van der Waals surface area contributed by atoms with Crippen LogP contribution in [-0.2, 0) is 6.42 Å². The topological polar surface area (TPSA) is 56.4 Å². The molecule has 3 N–H and O–H groups in total. The molecule has 1 aliphatic carbocycles. The van der Waals surface area contributed by atoms with E-state index in [-0.39, 0.29) is 23.8 Å². The summed E-state index contributed by atoms with van der Waals surface area (Å²) >= 11 is 5.45. The predicted molar refractivity (Wildman–Crippen MR) is 147 cm³/mol. The highest BCUT2D eigenvalue weighted by Crippen LogP contribution is 2.31. The van der Waals surface area contributed by atoms with Crippen LogP contribution in [0.5, 0.6) is 0 Å². The maximum absolute atomic E-state index is 13.4. The second kappa shape index (κ2) is 11.1. The molecule has 1 amide bonds. The van der Waals surface area contributed by atoms with E-state index in [2.05, 4.69) is 45.1 Å². The summed E-state index contributed by atoms with van der Waals surface area (Å²) in [5.41, 5.74) is 5.03. The Balaban J connectivity index is 1.19. The van der Waals surface area contributed by atoms with E-state index in [1.165, 1.54) is 23.3 Å². The number of para-hydroxylation sites is 1. The number of piperidine rings is 1. The summed E-state index contributed by atoms with van der Waals surface area (Å²) in [6, 6.07) is 22.8. The smallest absolute Gasteiger partial charge is 0.253 e. The Hall–Kier alpha value is -3.45. The number of hydrogen-bond donors (Lipinski definition) is 3. The molecule has 0 spiro atoms. The van der Waals surface area contributed by atoms with Gasteiger partial charge >= 0.3 is 0 Å². The van der Waals surface area contributed by atoms with Gasteiger partial charge in [-0.15, -0.1) is 0 Å². The molecule has 1 unspecified atom stereocenters. The molecular formula is C29H31FN4OS. The van der Waals surface area contributed by atoms with Crippen LogP contribution in [0.2, 0.25) is 0 Å². The molecule has 5 nitrogen and oxygen atoms in total. The zero-order valence-electron chi connectivity index (χ0n) is 20.2. The molecule has 1 atom stereocenters. The van der Waals surface area contributed by atoms with Crippen molar-refractivity contribution in [2.45, 2.75) is 44.2 Å². The molecule has 0 aromatic heterocycles. The number of rotatable bonds is 5. The van der Waals surface area contributed by atoms with Crippen LogP contribution >= 0.6 is 12.2 Å². The minimum atomic E-state index is -0.274. The number of amides is 1. The fourth-order valence-corrected chi connectivity index (χ4v) is 5.52. The highest BCUT2D eigenvalue weighted by Gasteiger charge is 2.26. The van der Waals surface area contributed by atoms with Gasteiger partial charge in [-0.05, 0) is 91.8 Å². The summed E-state index contributed by atoms with van der Waals surface area (Å²) in [5, 5.41) is 10.3. The first-order valence-electron chi connectivity index (χ1n) is 12.6. The third-order valence-corrected chi connectivity index (χ3v) is 7.32. The van der Waals surface area contributed by atoms with Gasteiger partial charge in [0.15, 0.2) is 5.11 Å². The van der Waals surface area contributed by atoms with Gasteiger partial charge in [0, 0.05) is 30.5 Å². The van der Waals surface area contributed by atoms with Crippen molar-refractivity contribution >= 4 is 34.6 Å². The van der Waals surface area contributed by atoms with Crippen LogP contribution in [0.1, 0.15) is 53.2 Å². The number of thiocarbonyl (C=S) groups is 1. The van der Waals surface area contributed by atoms with Gasteiger partial charge in [-0.2, -0.15) is 0 Å². The maximum atomic E-state index is 13.4. The lowest BCUT2D eigenvalue weighted by Crippen LogP contribution is -2.46. The number of benzene rings is 3. The number of aryl methyl sites for hydroxylation is 1. The second-order valence-corrected chi connectivity index (χ2v) is 9.91. The molecule has 0 bridgehead atoms. The molecule has 186 valence electrons. The van der Waals surface area contributed by atoms with E-state index in [9.17, 15) is 9.18 Å². The summed E-state index contributed by atoms with van der Waals surface area (Å²) in [6.07, 6.45) is 4.93. The monoisotopic (exact) mass is 502 g/mol. The van der Waals surface area contributed by atoms with Gasteiger partial charge in [0.1, 0.15) is 5.82 Å². The van der Waals surface area contributed by atoms with Crippen molar-refractivity contribution in [1.82, 2.24) is 10.6 Å². The average Bonchev–Trinajstić information content (AvgIpc) is 2.91. The molecule has 1 heterocycles. The van der Waals surface area contributed by atoms with E-state index in [0.717, 1.165) is 62.1 Å². The Kier molecular flexibility index (Phi) is 7.47. The van der Waals surface area contributed by atoms with Gasteiger partial charge in [-0.3, -0.25) is 4.79 Å². The van der Waals surface area contributed by atoms with Crippen LogP contribution in [0.3, 0.4) is 0 Å². The van der Waals surface area contributed by atoms with Crippen molar-refractivity contribution < 1.29 is 9.18 Å². The lowest BCUT2D eigenvalue weighted by atomic mass is 9.87. The van der Waals surface area contributed by atoms with Gasteiger partial charge < -0.3 is 20.9 Å². The second-order valence-electron chi connectivity index (χ2n) is 9.50. The number of anilines is 2. The standard InChI is InChI=1S/C29H31FN4OS/c30-21-12-14-22(15-13-21)31-29(36)32-23-16-18-34(19-17-23)27-11-4-3-9-25(27)28(35)33-26-10-5-7-20-6-1-2-8-24(20)26/h1-4,6,8-9,11-15,23,26H,5,7,10,16-19H2,(H,33,35)(H2,31,32,36). The Bertz CT molecular complexity index is 1220. The predicted octanol–water partition coefficient (Wildman–Crippen LogP) is 5.59. The molecule has 5 rings (SSSR count). The van der Waals surface area contributed by atoms with Crippen LogP contribution < -0.4 is 20.9 Å². The molecular weight excluding hydrogens is 471 g/mol. The van der Waals surface area contributed by atoms with E-state index in [1.54, 1.807) is 12.1 Å². The number of fused-ring (bicyclic) bond motifs is 1. The number of nitrogens with one attached hydrogen (secondary N) is 3. The Morgan fingerprint density at radius 1 is 0.889 bits per heavy atom. The highest BCUT2D eigenvalue weighted by molar-refractivity contribution is 7.80. The normalized spacial score (nSPS) is 17.7. The van der Waals surface area contributed by atoms with Crippen molar-refractivity contribution in [3.05, 3.63) is 95.3 Å². The molecule has 1 fully saturated rings. The number of hydrogen-bond acceptors (Lipinski definition) is 3. The molecule has 1 saturated heterocycles. The summed E-state index contributed by atoms with van der Waals surface area (Å²) in [4.78, 5) is 15.7. The molecule has 7 heteroatoms. The largest absolute Gasteiger partial charge is 0.371 e. The summed E-state index contributed by atoms with van der Waals surface area (Å²) in [5.74, 6) is -0.290. The van der Waals surface area contributed by atoms with Crippen molar-refractivity contribution in [3.63, 3.8) is 0 Å². The fraction of sp³-hybridized carbons (Fsp3) is 0.310. The lowest BCUT2D eigenvalue weighted by Gasteiger charge is -2.35. The third kappa shape index (κ3) is 5.68.